The minimum absolute atomic E-state index is 0.00647. The quantitative estimate of drug-likeness (QED) is 0.352. The molecule has 0 saturated carbocycles. The largest absolute Gasteiger partial charge is 0.479 e. The Morgan fingerprint density at radius 1 is 1.15 bits per heavy atom. The molecule has 0 radical (unpaired) electrons. The number of hydrogen-bond acceptors (Lipinski definition) is 5. The fourth-order valence-corrected chi connectivity index (χ4v) is 3.07. The Bertz CT molecular complexity index is 1020. The Hall–Kier alpha value is -3.14. The van der Waals surface area contributed by atoms with Crippen molar-refractivity contribution in [3.8, 4) is 0 Å². The number of alkyl halides is 1. The van der Waals surface area contributed by atoms with Crippen LogP contribution < -0.4 is 11.4 Å². The number of fused-ring (bicyclic) bond motifs is 1. The minimum atomic E-state index is -1.33. The van der Waals surface area contributed by atoms with Crippen molar-refractivity contribution < 1.29 is 14.8 Å². The van der Waals surface area contributed by atoms with Crippen molar-refractivity contribution in [1.29, 1.82) is 0 Å². The van der Waals surface area contributed by atoms with Gasteiger partial charge in [0.1, 0.15) is 0 Å². The van der Waals surface area contributed by atoms with Gasteiger partial charge in [-0.05, 0) is 17.7 Å². The molecule has 1 aromatic heterocycles. The normalized spacial score (nSPS) is 18.5. The summed E-state index contributed by atoms with van der Waals surface area (Å²) in [6.45, 7) is -0.0639. The van der Waals surface area contributed by atoms with Gasteiger partial charge >= 0.3 is 17.3 Å². The summed E-state index contributed by atoms with van der Waals surface area (Å²) >= 11 is 5.63. The highest BCUT2D eigenvalue weighted by molar-refractivity contribution is 6.17. The lowest BCUT2D eigenvalue weighted by atomic mass is 10.0. The maximum absolute atomic E-state index is 12.7. The van der Waals surface area contributed by atoms with Crippen LogP contribution in [0.4, 0.5) is 5.69 Å². The Kier molecular flexibility index (Phi) is 4.51. The first kappa shape index (κ1) is 17.7. The standard InChI is InChI=1S/C15H13ClN4O6/c16-7-8-17-14(23)18-11(9-1-3-10(4-2-9)20(25)26)5-6-12(13(21)22)19(18)15(17)24/h1-6,11-12H,7-8H2,(H,21,22)/t11-,12+/m0/s1. The van der Waals surface area contributed by atoms with E-state index in [1.165, 1.54) is 36.4 Å². The van der Waals surface area contributed by atoms with Crippen molar-refractivity contribution >= 4 is 23.3 Å². The molecule has 2 aromatic rings. The molecule has 1 N–H and O–H groups in total. The van der Waals surface area contributed by atoms with E-state index in [-0.39, 0.29) is 18.1 Å². The summed E-state index contributed by atoms with van der Waals surface area (Å²) in [5.41, 5.74) is -1.11. The van der Waals surface area contributed by atoms with E-state index in [9.17, 15) is 29.6 Å². The fourth-order valence-electron chi connectivity index (χ4n) is 2.90. The molecule has 2 atom stereocenters. The molecule has 0 spiro atoms. The van der Waals surface area contributed by atoms with E-state index in [2.05, 4.69) is 0 Å². The molecule has 3 rings (SSSR count). The summed E-state index contributed by atoms with van der Waals surface area (Å²) in [5, 5.41) is 20.1. The number of nitro groups is 1. The second-order valence-corrected chi connectivity index (χ2v) is 5.93. The average molecular weight is 381 g/mol. The van der Waals surface area contributed by atoms with Gasteiger partial charge in [-0.25, -0.2) is 28.3 Å². The maximum Gasteiger partial charge on any atom is 0.348 e. The maximum atomic E-state index is 12.7. The second-order valence-electron chi connectivity index (χ2n) is 5.56. The van der Waals surface area contributed by atoms with Gasteiger partial charge in [0.15, 0.2) is 6.04 Å². The number of carboxylic acid groups (broad SMARTS) is 1. The topological polar surface area (TPSA) is 129 Å². The van der Waals surface area contributed by atoms with E-state index in [4.69, 9.17) is 11.6 Å². The number of benzene rings is 1. The number of nitrogens with zero attached hydrogens (tertiary/aromatic N) is 4. The van der Waals surface area contributed by atoms with Gasteiger partial charge in [0.25, 0.3) is 5.69 Å². The smallest absolute Gasteiger partial charge is 0.348 e. The SMILES string of the molecule is O=C(O)[C@H]1C=C[C@@H](c2ccc([N+](=O)[O-])cc2)n2c(=O)n(CCCl)c(=O)n21. The molecule has 10 nitrogen and oxygen atoms in total. The van der Waals surface area contributed by atoms with Crippen molar-refractivity contribution in [2.75, 3.05) is 5.88 Å². The highest BCUT2D eigenvalue weighted by atomic mass is 35.5. The first-order valence-corrected chi connectivity index (χ1v) is 8.05. The zero-order valence-electron chi connectivity index (χ0n) is 13.2. The van der Waals surface area contributed by atoms with Crippen molar-refractivity contribution in [3.63, 3.8) is 0 Å². The van der Waals surface area contributed by atoms with E-state index in [1.54, 1.807) is 0 Å². The van der Waals surface area contributed by atoms with Crippen LogP contribution >= 0.6 is 11.6 Å². The second kappa shape index (κ2) is 6.64. The number of carbonyl (C=O) groups is 1. The lowest BCUT2D eigenvalue weighted by molar-refractivity contribution is -0.384. The molecular formula is C15H13ClN4O6. The van der Waals surface area contributed by atoms with Crippen LogP contribution in [0.1, 0.15) is 17.6 Å². The van der Waals surface area contributed by atoms with Gasteiger partial charge in [-0.3, -0.25) is 10.1 Å². The summed E-state index contributed by atoms with van der Waals surface area (Å²) in [6, 6.07) is 3.35. The molecule has 1 aromatic carbocycles. The Morgan fingerprint density at radius 2 is 1.77 bits per heavy atom. The van der Waals surface area contributed by atoms with Crippen LogP contribution in [0.25, 0.3) is 0 Å². The van der Waals surface area contributed by atoms with E-state index >= 15 is 0 Å². The first-order valence-electron chi connectivity index (χ1n) is 7.52. The van der Waals surface area contributed by atoms with Crippen molar-refractivity contribution in [3.05, 3.63) is 73.1 Å². The highest BCUT2D eigenvalue weighted by Crippen LogP contribution is 2.26. The molecule has 0 bridgehead atoms. The molecule has 0 aliphatic carbocycles. The van der Waals surface area contributed by atoms with Gasteiger partial charge in [0.2, 0.25) is 0 Å². The summed E-state index contributed by atoms with van der Waals surface area (Å²) in [5.74, 6) is -1.28. The predicted octanol–water partition coefficient (Wildman–Crippen LogP) is 0.743. The number of halogens is 1. The third-order valence-corrected chi connectivity index (χ3v) is 4.26. The van der Waals surface area contributed by atoms with Crippen molar-refractivity contribution in [2.24, 2.45) is 0 Å². The molecule has 1 aliphatic rings. The molecular weight excluding hydrogens is 368 g/mol. The zero-order valence-corrected chi connectivity index (χ0v) is 13.9. The molecule has 11 heteroatoms. The Morgan fingerprint density at radius 3 is 2.31 bits per heavy atom. The first-order chi connectivity index (χ1) is 12.4. The van der Waals surface area contributed by atoms with Crippen LogP contribution in [0.3, 0.4) is 0 Å². The Balaban J connectivity index is 2.19. The lowest BCUT2D eigenvalue weighted by Crippen LogP contribution is -2.38. The summed E-state index contributed by atoms with van der Waals surface area (Å²) in [4.78, 5) is 46.9. The third kappa shape index (κ3) is 2.73. The van der Waals surface area contributed by atoms with E-state index in [0.717, 1.165) is 13.9 Å². The third-order valence-electron chi connectivity index (χ3n) is 4.10. The van der Waals surface area contributed by atoms with Crippen LogP contribution in [0.5, 0.6) is 0 Å². The monoisotopic (exact) mass is 380 g/mol. The lowest BCUT2D eigenvalue weighted by Gasteiger charge is -2.24. The average Bonchev–Trinajstić information content (AvgIpc) is 2.87. The van der Waals surface area contributed by atoms with E-state index in [1.807, 2.05) is 0 Å². The van der Waals surface area contributed by atoms with Crippen molar-refractivity contribution in [2.45, 2.75) is 18.6 Å². The van der Waals surface area contributed by atoms with Gasteiger partial charge in [0.05, 0.1) is 11.0 Å². The predicted molar refractivity (Wildman–Crippen MR) is 90.7 cm³/mol. The number of rotatable bonds is 5. The number of aliphatic carboxylic acids is 1. The molecule has 0 amide bonds. The number of carboxylic acids is 1. The van der Waals surface area contributed by atoms with Gasteiger partial charge in [-0.1, -0.05) is 12.2 Å². The number of allylic oxidation sites excluding steroid dienone is 1. The van der Waals surface area contributed by atoms with Gasteiger partial charge in [0, 0.05) is 24.6 Å². The fraction of sp³-hybridized carbons (Fsp3) is 0.267. The molecule has 136 valence electrons. The van der Waals surface area contributed by atoms with Crippen molar-refractivity contribution in [1.82, 2.24) is 13.9 Å². The summed E-state index contributed by atoms with van der Waals surface area (Å²) in [7, 11) is 0. The van der Waals surface area contributed by atoms with Crippen LogP contribution in [0, 0.1) is 10.1 Å². The van der Waals surface area contributed by atoms with Crippen LogP contribution in [-0.4, -0.2) is 35.8 Å². The van der Waals surface area contributed by atoms with E-state index < -0.39 is 34.4 Å². The number of aromatic nitrogens is 3. The van der Waals surface area contributed by atoms with Crippen LogP contribution in [0.15, 0.2) is 46.0 Å². The molecule has 0 unspecified atom stereocenters. The molecule has 1 aliphatic heterocycles. The van der Waals surface area contributed by atoms with Gasteiger partial charge in [-0.15, -0.1) is 11.6 Å². The minimum Gasteiger partial charge on any atom is -0.479 e. The number of hydrogen-bond donors (Lipinski definition) is 1. The number of non-ortho nitro benzene ring substituents is 1. The van der Waals surface area contributed by atoms with Gasteiger partial charge < -0.3 is 5.11 Å². The van der Waals surface area contributed by atoms with Crippen LogP contribution in [-0.2, 0) is 11.3 Å². The molecule has 0 fully saturated rings. The van der Waals surface area contributed by atoms with Crippen LogP contribution in [0.2, 0.25) is 0 Å². The molecule has 26 heavy (non-hydrogen) atoms. The molecule has 0 saturated heterocycles. The number of nitro benzene ring substituents is 1. The summed E-state index contributed by atoms with van der Waals surface area (Å²) < 4.78 is 2.77. The van der Waals surface area contributed by atoms with E-state index in [0.29, 0.717) is 5.56 Å². The Labute approximate surface area is 150 Å². The summed E-state index contributed by atoms with van der Waals surface area (Å²) in [6.07, 6.45) is 2.78. The zero-order chi connectivity index (χ0) is 19.0. The highest BCUT2D eigenvalue weighted by Gasteiger charge is 2.33. The molecule has 2 heterocycles. The van der Waals surface area contributed by atoms with Gasteiger partial charge in [-0.2, -0.15) is 0 Å².